The van der Waals surface area contributed by atoms with Crippen LogP contribution in [0.4, 0.5) is 22.1 Å². The normalized spacial score (nSPS) is 24.0. The number of nitrogens with zero attached hydrogens (tertiary/aromatic N) is 8. The van der Waals surface area contributed by atoms with Gasteiger partial charge in [-0.15, -0.1) is 16.4 Å². The number of hydrogen-bond acceptors (Lipinski definition) is 12. The molecule has 0 aliphatic carbocycles. The van der Waals surface area contributed by atoms with E-state index < -0.39 is 11.7 Å². The maximum atomic E-state index is 12.8. The van der Waals surface area contributed by atoms with Crippen LogP contribution in [0.5, 0.6) is 0 Å². The van der Waals surface area contributed by atoms with Crippen LogP contribution in [-0.2, 0) is 20.6 Å². The van der Waals surface area contributed by atoms with Gasteiger partial charge in [-0.3, -0.25) is 0 Å². The van der Waals surface area contributed by atoms with E-state index in [-0.39, 0.29) is 23.8 Å². The van der Waals surface area contributed by atoms with Gasteiger partial charge < -0.3 is 29.3 Å². The molecular weight excluding hydrogens is 643 g/mol. The van der Waals surface area contributed by atoms with Gasteiger partial charge in [0.1, 0.15) is 16.4 Å². The number of carbonyl (C=O) groups is 1. The summed E-state index contributed by atoms with van der Waals surface area (Å²) >= 11 is 1.60. The Bertz CT molecular complexity index is 1810. The van der Waals surface area contributed by atoms with E-state index in [2.05, 4.69) is 32.2 Å². The zero-order chi connectivity index (χ0) is 33.8. The average Bonchev–Trinajstić information content (AvgIpc) is 3.84. The van der Waals surface area contributed by atoms with Crippen LogP contribution in [0.15, 0.2) is 29.9 Å². The second kappa shape index (κ2) is 12.8. The Hall–Kier alpha value is -3.88. The van der Waals surface area contributed by atoms with E-state index >= 15 is 0 Å². The molecule has 0 radical (unpaired) electrons. The number of alkyl carbamates (subject to hydrolysis) is 1. The Kier molecular flexibility index (Phi) is 8.43. The predicted molar refractivity (Wildman–Crippen MR) is 187 cm³/mol. The molecule has 8 heterocycles. The summed E-state index contributed by atoms with van der Waals surface area (Å²) in [6.45, 7) is 11.4. The van der Waals surface area contributed by atoms with Gasteiger partial charge in [0.05, 0.1) is 42.0 Å². The van der Waals surface area contributed by atoms with Gasteiger partial charge >= 0.3 is 6.09 Å². The number of anilines is 3. The molecule has 0 bridgehead atoms. The van der Waals surface area contributed by atoms with Crippen molar-refractivity contribution in [1.82, 2.24) is 35.0 Å². The Balaban J connectivity index is 1.07. The fraction of sp³-hybridized carbons (Fsp3) is 0.600. The fourth-order valence-corrected chi connectivity index (χ4v) is 8.40. The first-order valence-electron chi connectivity index (χ1n) is 17.6. The third-order valence-electron chi connectivity index (χ3n) is 10.3. The van der Waals surface area contributed by atoms with Crippen LogP contribution in [-0.4, -0.2) is 86.4 Å². The van der Waals surface area contributed by atoms with E-state index in [0.29, 0.717) is 13.2 Å². The maximum Gasteiger partial charge on any atom is 0.407 e. The minimum absolute atomic E-state index is 0.0902. The molecule has 0 saturated carbocycles. The van der Waals surface area contributed by atoms with E-state index in [1.807, 2.05) is 50.2 Å². The third-order valence-corrected chi connectivity index (χ3v) is 11.1. The minimum atomic E-state index is -0.560. The molecule has 3 fully saturated rings. The molecule has 3 saturated heterocycles. The SMILES string of the molecule is C[C@@H]1OCC2(CCN(c3cnc4c(N5CCCc6nc(-c7nccs7)ccc65)nn(C5CCCCO5)c4n3)CC2)[C@@H]1NC(=O)OC(C)(C)C. The van der Waals surface area contributed by atoms with Gasteiger partial charge in [-0.25, -0.2) is 29.4 Å². The van der Waals surface area contributed by atoms with Crippen LogP contribution in [0, 0.1) is 5.41 Å². The number of thiazole rings is 1. The summed E-state index contributed by atoms with van der Waals surface area (Å²) in [7, 11) is 0. The zero-order valence-electron chi connectivity index (χ0n) is 28.7. The van der Waals surface area contributed by atoms with Crippen LogP contribution >= 0.6 is 11.3 Å². The first-order chi connectivity index (χ1) is 23.7. The molecule has 1 spiro atoms. The lowest BCUT2D eigenvalue weighted by Crippen LogP contribution is -2.55. The minimum Gasteiger partial charge on any atom is -0.444 e. The molecule has 3 atom stereocenters. The van der Waals surface area contributed by atoms with E-state index in [1.165, 1.54) is 0 Å². The smallest absolute Gasteiger partial charge is 0.407 e. The Morgan fingerprint density at radius 3 is 2.69 bits per heavy atom. The Labute approximate surface area is 290 Å². The molecule has 49 heavy (non-hydrogen) atoms. The number of pyridine rings is 1. The van der Waals surface area contributed by atoms with Gasteiger partial charge in [0.2, 0.25) is 0 Å². The van der Waals surface area contributed by atoms with Crippen LogP contribution in [0.25, 0.3) is 21.9 Å². The summed E-state index contributed by atoms with van der Waals surface area (Å²) in [6, 6.07) is 4.07. The van der Waals surface area contributed by atoms with Crippen molar-refractivity contribution >= 4 is 45.9 Å². The standard InChI is InChI=1S/C35H45N9O4S/c1-22-29(40-33(45)48-34(2,3)4)35(21-47-22)12-16-42(17-13-35)26-20-37-28-30(39-26)44(27-9-5-6-18-46-27)41-31(28)43-15-7-8-23-25(43)11-10-24(38-23)32-36-14-19-49-32/h10-11,14,19-20,22,27,29H,5-9,12-13,15-18,21H2,1-4H3,(H,40,45)/t22-,27?,29+/m0/s1. The first kappa shape index (κ1) is 32.3. The quantitative estimate of drug-likeness (QED) is 0.264. The van der Waals surface area contributed by atoms with Crippen molar-refractivity contribution in [1.29, 1.82) is 0 Å². The number of hydrogen-bond donors (Lipinski definition) is 1. The number of ether oxygens (including phenoxy) is 3. The van der Waals surface area contributed by atoms with Crippen LogP contribution in [0.2, 0.25) is 0 Å². The molecule has 13 nitrogen and oxygen atoms in total. The van der Waals surface area contributed by atoms with Crippen molar-refractivity contribution in [2.45, 2.75) is 96.6 Å². The van der Waals surface area contributed by atoms with Crippen molar-refractivity contribution < 1.29 is 19.0 Å². The summed E-state index contributed by atoms with van der Waals surface area (Å²) < 4.78 is 19.9. The number of fused-ring (bicyclic) bond motifs is 2. The molecule has 4 aromatic heterocycles. The summed E-state index contributed by atoms with van der Waals surface area (Å²) in [5.41, 5.74) is 3.79. The second-order valence-electron chi connectivity index (χ2n) is 14.7. The van der Waals surface area contributed by atoms with Crippen LogP contribution in [0.1, 0.15) is 78.1 Å². The zero-order valence-corrected chi connectivity index (χ0v) is 29.5. The molecule has 4 aliphatic heterocycles. The predicted octanol–water partition coefficient (Wildman–Crippen LogP) is 6.03. The number of amides is 1. The lowest BCUT2D eigenvalue weighted by atomic mass is 9.73. The summed E-state index contributed by atoms with van der Waals surface area (Å²) in [4.78, 5) is 37.1. The highest BCUT2D eigenvalue weighted by atomic mass is 32.1. The summed E-state index contributed by atoms with van der Waals surface area (Å²) in [5.74, 6) is 1.61. The monoisotopic (exact) mass is 687 g/mol. The molecule has 0 aromatic carbocycles. The Morgan fingerprint density at radius 1 is 1.08 bits per heavy atom. The third kappa shape index (κ3) is 6.23. The maximum absolute atomic E-state index is 12.8. The summed E-state index contributed by atoms with van der Waals surface area (Å²) in [6.07, 6.45) is 9.62. The molecule has 4 aromatic rings. The second-order valence-corrected chi connectivity index (χ2v) is 15.6. The topological polar surface area (TPSA) is 133 Å². The van der Waals surface area contributed by atoms with Crippen molar-refractivity contribution in [3.8, 4) is 10.7 Å². The highest BCUT2D eigenvalue weighted by Crippen LogP contribution is 2.44. The van der Waals surface area contributed by atoms with Gasteiger partial charge in [-0.1, -0.05) is 0 Å². The van der Waals surface area contributed by atoms with E-state index in [0.717, 1.165) is 109 Å². The van der Waals surface area contributed by atoms with Gasteiger partial charge in [0, 0.05) is 43.2 Å². The van der Waals surface area contributed by atoms with Gasteiger partial charge in [0.25, 0.3) is 0 Å². The van der Waals surface area contributed by atoms with Crippen molar-refractivity contribution in [3.63, 3.8) is 0 Å². The number of aryl methyl sites for hydroxylation is 1. The lowest BCUT2D eigenvalue weighted by Gasteiger charge is -2.42. The molecule has 4 aliphatic rings. The molecular formula is C35H45N9O4S. The molecule has 1 amide bonds. The number of nitrogens with one attached hydrogen (secondary N) is 1. The van der Waals surface area contributed by atoms with Crippen molar-refractivity contribution in [2.24, 2.45) is 5.41 Å². The van der Waals surface area contributed by atoms with E-state index in [4.69, 9.17) is 34.3 Å². The number of rotatable bonds is 5. The van der Waals surface area contributed by atoms with E-state index in [9.17, 15) is 4.79 Å². The molecule has 260 valence electrons. The van der Waals surface area contributed by atoms with Crippen molar-refractivity contribution in [2.75, 3.05) is 42.6 Å². The van der Waals surface area contributed by atoms with Gasteiger partial charge in [0.15, 0.2) is 23.2 Å². The number of carbonyl (C=O) groups excluding carboxylic acids is 1. The molecule has 1 unspecified atom stereocenters. The number of piperidine rings is 1. The van der Waals surface area contributed by atoms with Crippen LogP contribution in [0.3, 0.4) is 0 Å². The Morgan fingerprint density at radius 2 is 1.94 bits per heavy atom. The highest BCUT2D eigenvalue weighted by molar-refractivity contribution is 7.13. The average molecular weight is 688 g/mol. The van der Waals surface area contributed by atoms with Crippen LogP contribution < -0.4 is 15.1 Å². The lowest BCUT2D eigenvalue weighted by molar-refractivity contribution is -0.0368. The first-order valence-corrected chi connectivity index (χ1v) is 18.5. The largest absolute Gasteiger partial charge is 0.444 e. The van der Waals surface area contributed by atoms with Gasteiger partial charge in [-0.2, -0.15) is 0 Å². The summed E-state index contributed by atoms with van der Waals surface area (Å²) in [5, 5.41) is 11.2. The molecule has 1 N–H and O–H groups in total. The fourth-order valence-electron chi connectivity index (χ4n) is 7.80. The number of aromatic nitrogens is 6. The van der Waals surface area contributed by atoms with Crippen molar-refractivity contribution in [3.05, 3.63) is 35.6 Å². The molecule has 14 heteroatoms. The molecule has 8 rings (SSSR count). The highest BCUT2D eigenvalue weighted by Gasteiger charge is 2.50. The van der Waals surface area contributed by atoms with Gasteiger partial charge in [-0.05, 0) is 84.8 Å². The van der Waals surface area contributed by atoms with E-state index in [1.54, 1.807) is 11.3 Å².